The molecule has 1 fully saturated rings. The van der Waals surface area contributed by atoms with Crippen LogP contribution in [0.15, 0.2) is 24.8 Å². The van der Waals surface area contributed by atoms with E-state index in [1.807, 2.05) is 19.9 Å². The third-order valence-corrected chi connectivity index (χ3v) is 2.06. The Balaban J connectivity index is 0.000000457. The largest absolute Gasteiger partial charge is 0.368 e. The Morgan fingerprint density at radius 1 is 1.38 bits per heavy atom. The normalized spacial score (nSPS) is 17.5. The minimum absolute atomic E-state index is 0.207. The van der Waals surface area contributed by atoms with Crippen molar-refractivity contribution in [3.05, 3.63) is 30.4 Å². The van der Waals surface area contributed by atoms with Crippen LogP contribution in [0.4, 0.5) is 0 Å². The van der Waals surface area contributed by atoms with Crippen molar-refractivity contribution < 1.29 is 4.74 Å². The van der Waals surface area contributed by atoms with E-state index in [1.165, 1.54) is 6.33 Å². The lowest BCUT2D eigenvalue weighted by molar-refractivity contribution is 0.415. The molecule has 1 aliphatic heterocycles. The summed E-state index contributed by atoms with van der Waals surface area (Å²) in [6.07, 6.45) is 5.25. The van der Waals surface area contributed by atoms with E-state index in [2.05, 4.69) is 20.5 Å². The number of aromatic nitrogens is 5. The van der Waals surface area contributed by atoms with E-state index in [0.29, 0.717) is 0 Å². The van der Waals surface area contributed by atoms with Crippen LogP contribution >= 0.6 is 0 Å². The maximum Gasteiger partial charge on any atom is 0.143 e. The van der Waals surface area contributed by atoms with E-state index in [-0.39, 0.29) is 6.10 Å². The highest BCUT2D eigenvalue weighted by molar-refractivity contribution is 5.32. The molecule has 6 nitrogen and oxygen atoms in total. The lowest BCUT2D eigenvalue weighted by atomic mass is 10.2. The zero-order chi connectivity index (χ0) is 11.4. The molecule has 3 heterocycles. The number of tetrazole rings is 1. The summed E-state index contributed by atoms with van der Waals surface area (Å²) in [6, 6.07) is 1.97. The number of ether oxygens (including phenoxy) is 1. The van der Waals surface area contributed by atoms with E-state index in [1.54, 1.807) is 17.1 Å². The Morgan fingerprint density at radius 2 is 2.19 bits per heavy atom. The minimum atomic E-state index is 0.207. The fraction of sp³-hybridized carbons (Fsp3) is 0.400. The fourth-order valence-electron chi connectivity index (χ4n) is 1.27. The zero-order valence-electron chi connectivity index (χ0n) is 9.24. The molecule has 84 valence electrons. The predicted molar refractivity (Wildman–Crippen MR) is 57.0 cm³/mol. The molecule has 0 radical (unpaired) electrons. The van der Waals surface area contributed by atoms with E-state index in [4.69, 9.17) is 4.74 Å². The summed E-state index contributed by atoms with van der Waals surface area (Å²) >= 11 is 0. The van der Waals surface area contributed by atoms with Crippen LogP contribution in [-0.2, 0) is 4.74 Å². The molecule has 0 aliphatic carbocycles. The molecule has 0 saturated carbocycles. The van der Waals surface area contributed by atoms with Gasteiger partial charge in [0, 0.05) is 11.8 Å². The van der Waals surface area contributed by atoms with E-state index >= 15 is 0 Å². The van der Waals surface area contributed by atoms with Crippen molar-refractivity contribution >= 4 is 0 Å². The average molecular weight is 219 g/mol. The summed E-state index contributed by atoms with van der Waals surface area (Å²) in [5, 5.41) is 10.9. The Hall–Kier alpha value is -1.82. The van der Waals surface area contributed by atoms with Gasteiger partial charge in [0.05, 0.1) is 18.5 Å². The predicted octanol–water partition coefficient (Wildman–Crippen LogP) is 1.15. The number of nitrogens with zero attached hydrogens (tertiary/aromatic N) is 5. The summed E-state index contributed by atoms with van der Waals surface area (Å²) < 4.78 is 6.73. The Morgan fingerprint density at radius 3 is 2.81 bits per heavy atom. The summed E-state index contributed by atoms with van der Waals surface area (Å²) in [7, 11) is 0. The van der Waals surface area contributed by atoms with Crippen molar-refractivity contribution in [1.29, 1.82) is 0 Å². The molecule has 1 unspecified atom stereocenters. The molecule has 1 aliphatic rings. The SMILES string of the molecule is CC.c1ncc(-n2cnnn2)cc1C1CO1. The van der Waals surface area contributed by atoms with Crippen LogP contribution in [0.2, 0.25) is 0 Å². The molecule has 0 spiro atoms. The van der Waals surface area contributed by atoms with Gasteiger partial charge in [-0.25, -0.2) is 0 Å². The summed E-state index contributed by atoms with van der Waals surface area (Å²) in [5.74, 6) is 0. The highest BCUT2D eigenvalue weighted by Crippen LogP contribution is 2.29. The Kier molecular flexibility index (Phi) is 3.21. The third kappa shape index (κ3) is 2.22. The topological polar surface area (TPSA) is 69.0 Å². The fourth-order valence-corrected chi connectivity index (χ4v) is 1.27. The van der Waals surface area contributed by atoms with Crippen LogP contribution in [0.3, 0.4) is 0 Å². The lowest BCUT2D eigenvalue weighted by Gasteiger charge is -1.99. The lowest BCUT2D eigenvalue weighted by Crippen LogP contribution is -1.97. The molecule has 1 atom stereocenters. The molecule has 3 rings (SSSR count). The van der Waals surface area contributed by atoms with Crippen LogP contribution in [0, 0.1) is 0 Å². The van der Waals surface area contributed by atoms with Crippen LogP contribution in [0.1, 0.15) is 25.5 Å². The van der Waals surface area contributed by atoms with Crippen molar-refractivity contribution in [3.8, 4) is 5.69 Å². The summed E-state index contributed by atoms with van der Waals surface area (Å²) in [6.45, 7) is 4.78. The number of epoxide rings is 1. The molecule has 1 saturated heterocycles. The van der Waals surface area contributed by atoms with Gasteiger partial charge in [0.25, 0.3) is 0 Å². The van der Waals surface area contributed by atoms with Gasteiger partial charge >= 0.3 is 0 Å². The highest BCUT2D eigenvalue weighted by atomic mass is 16.6. The van der Waals surface area contributed by atoms with Crippen LogP contribution < -0.4 is 0 Å². The van der Waals surface area contributed by atoms with E-state index < -0.39 is 0 Å². The van der Waals surface area contributed by atoms with Crippen molar-refractivity contribution in [3.63, 3.8) is 0 Å². The first-order valence-electron chi connectivity index (χ1n) is 5.23. The average Bonchev–Trinajstić information content (AvgIpc) is 3.07. The molecule has 6 heteroatoms. The van der Waals surface area contributed by atoms with Gasteiger partial charge in [0.2, 0.25) is 0 Å². The van der Waals surface area contributed by atoms with Crippen molar-refractivity contribution in [2.75, 3.05) is 6.61 Å². The maximum absolute atomic E-state index is 5.17. The first-order valence-corrected chi connectivity index (χ1v) is 5.23. The first kappa shape index (κ1) is 10.7. The van der Waals surface area contributed by atoms with Gasteiger partial charge in [0.15, 0.2) is 0 Å². The zero-order valence-corrected chi connectivity index (χ0v) is 9.24. The van der Waals surface area contributed by atoms with Gasteiger partial charge in [-0.2, -0.15) is 4.68 Å². The number of pyridine rings is 1. The second kappa shape index (κ2) is 4.80. The number of hydrogen-bond acceptors (Lipinski definition) is 5. The third-order valence-electron chi connectivity index (χ3n) is 2.06. The number of hydrogen-bond donors (Lipinski definition) is 0. The quantitative estimate of drug-likeness (QED) is 0.709. The number of rotatable bonds is 2. The van der Waals surface area contributed by atoms with Gasteiger partial charge < -0.3 is 4.74 Å². The van der Waals surface area contributed by atoms with Crippen molar-refractivity contribution in [2.24, 2.45) is 0 Å². The molecule has 0 amide bonds. The Bertz CT molecular complexity index is 438. The molecule has 0 bridgehead atoms. The van der Waals surface area contributed by atoms with E-state index in [9.17, 15) is 0 Å². The molecular weight excluding hydrogens is 206 g/mol. The second-order valence-electron chi connectivity index (χ2n) is 3.05. The van der Waals surface area contributed by atoms with Crippen LogP contribution in [0.5, 0.6) is 0 Å². The molecule has 16 heavy (non-hydrogen) atoms. The highest BCUT2D eigenvalue weighted by Gasteiger charge is 2.25. The van der Waals surface area contributed by atoms with E-state index in [0.717, 1.165) is 17.9 Å². The van der Waals surface area contributed by atoms with Crippen LogP contribution in [-0.4, -0.2) is 31.8 Å². The van der Waals surface area contributed by atoms with Crippen molar-refractivity contribution in [2.45, 2.75) is 20.0 Å². The van der Waals surface area contributed by atoms with Gasteiger partial charge in [-0.3, -0.25) is 4.98 Å². The second-order valence-corrected chi connectivity index (χ2v) is 3.05. The maximum atomic E-state index is 5.17. The Labute approximate surface area is 93.3 Å². The first-order chi connectivity index (χ1) is 7.93. The monoisotopic (exact) mass is 219 g/mol. The van der Waals surface area contributed by atoms with Crippen molar-refractivity contribution in [1.82, 2.24) is 25.2 Å². The summed E-state index contributed by atoms with van der Waals surface area (Å²) in [5.41, 5.74) is 1.92. The van der Waals surface area contributed by atoms with Gasteiger partial charge in [-0.05, 0) is 16.5 Å². The van der Waals surface area contributed by atoms with Gasteiger partial charge in [-0.15, -0.1) is 5.10 Å². The molecule has 0 N–H and O–H groups in total. The summed E-state index contributed by atoms with van der Waals surface area (Å²) in [4.78, 5) is 4.11. The molecule has 2 aromatic heterocycles. The van der Waals surface area contributed by atoms with Gasteiger partial charge in [0.1, 0.15) is 12.4 Å². The smallest absolute Gasteiger partial charge is 0.143 e. The molecule has 0 aromatic carbocycles. The van der Waals surface area contributed by atoms with Crippen LogP contribution in [0.25, 0.3) is 5.69 Å². The minimum Gasteiger partial charge on any atom is -0.368 e. The molecule has 2 aromatic rings. The molecular formula is C10H13N5O. The van der Waals surface area contributed by atoms with Gasteiger partial charge in [-0.1, -0.05) is 13.8 Å². The standard InChI is InChI=1S/C8H7N5O.C2H6/c1-6(8-4-14-8)2-9-3-7(1)13-5-10-11-12-13;1-2/h1-3,5,8H,4H2;1-2H3.